The number of piperazine rings is 1. The second-order valence-electron chi connectivity index (χ2n) is 7.94. The number of carbonyl (C=O) groups excluding carboxylic acids is 1. The fraction of sp³-hybridized carbons (Fsp3) is 0.429. The van der Waals surface area contributed by atoms with E-state index in [1.807, 2.05) is 31.2 Å². The van der Waals surface area contributed by atoms with Gasteiger partial charge in [-0.2, -0.15) is 0 Å². The van der Waals surface area contributed by atoms with Crippen LogP contribution >= 0.6 is 11.3 Å². The molecule has 0 aliphatic carbocycles. The minimum Gasteiger partial charge on any atom is -0.417 e. The number of ether oxygens (including phenoxy) is 1. The lowest BCUT2D eigenvalue weighted by Crippen LogP contribution is -2.51. The number of hydrogen-bond acceptors (Lipinski definition) is 7. The number of para-hydroxylation sites is 2. The molecule has 0 saturated carbocycles. The predicted molar refractivity (Wildman–Crippen MR) is 114 cm³/mol. The number of benzene rings is 1. The average molecular weight is 415 g/mol. The number of aliphatic hydroxyl groups is 1. The van der Waals surface area contributed by atoms with E-state index in [0.29, 0.717) is 11.4 Å². The van der Waals surface area contributed by atoms with Gasteiger partial charge in [0.15, 0.2) is 0 Å². The van der Waals surface area contributed by atoms with Gasteiger partial charge in [0, 0.05) is 44.9 Å². The van der Waals surface area contributed by atoms with Crippen LogP contribution in [0.5, 0.6) is 0 Å². The summed E-state index contributed by atoms with van der Waals surface area (Å²) in [6, 6.07) is 9.62. The highest BCUT2D eigenvalue weighted by Gasteiger charge is 2.34. The Morgan fingerprint density at radius 1 is 1.21 bits per heavy atom. The number of amides is 1. The Morgan fingerprint density at radius 3 is 2.59 bits per heavy atom. The normalized spacial score (nSPS) is 17.3. The Balaban J connectivity index is 1.95. The maximum absolute atomic E-state index is 13.3. The van der Waals surface area contributed by atoms with Crippen LogP contribution in [-0.4, -0.2) is 60.0 Å². The van der Waals surface area contributed by atoms with Crippen molar-refractivity contribution in [1.29, 1.82) is 0 Å². The first kappa shape index (κ1) is 19.9. The van der Waals surface area contributed by atoms with Crippen molar-refractivity contribution in [3.8, 4) is 0 Å². The van der Waals surface area contributed by atoms with Gasteiger partial charge in [0.05, 0.1) is 16.6 Å². The summed E-state index contributed by atoms with van der Waals surface area (Å²) in [5.41, 5.74) is 1.35. The molecule has 154 valence electrons. The van der Waals surface area contributed by atoms with Crippen molar-refractivity contribution in [3.63, 3.8) is 0 Å². The molecule has 0 bridgehead atoms. The molecule has 1 aromatic heterocycles. The summed E-state index contributed by atoms with van der Waals surface area (Å²) < 4.78 is 6.28. The first-order chi connectivity index (χ1) is 13.7. The Bertz CT molecular complexity index is 1050. The quantitative estimate of drug-likeness (QED) is 0.762. The standard InChI is InChI=1S/C21H26N4O3S/c1-14-13-15-18(29-14)22-16-7-5-6-8-17(16)25(20(26)28-21(2,3)27)19(15)24-11-9-23(4)10-12-24/h5-8,13,27H,9-12H2,1-4H3. The molecule has 2 aliphatic rings. The molecular formula is C21H26N4O3S. The van der Waals surface area contributed by atoms with Gasteiger partial charge in [0.1, 0.15) is 10.5 Å². The van der Waals surface area contributed by atoms with E-state index in [-0.39, 0.29) is 0 Å². The lowest BCUT2D eigenvalue weighted by molar-refractivity contribution is -0.128. The first-order valence-electron chi connectivity index (χ1n) is 9.70. The summed E-state index contributed by atoms with van der Waals surface area (Å²) in [4.78, 5) is 25.4. The van der Waals surface area contributed by atoms with Gasteiger partial charge < -0.3 is 19.6 Å². The number of nitrogens with zero attached hydrogens (tertiary/aromatic N) is 4. The number of hydrogen-bond donors (Lipinski definition) is 1. The SMILES string of the molecule is Cc1cc2c(s1)=Nc1ccccc1N(C(=O)OC(C)(C)O)C=2N1CCN(C)CC1. The van der Waals surface area contributed by atoms with Gasteiger partial charge in [0.25, 0.3) is 0 Å². The molecule has 8 heteroatoms. The Kier molecular flexibility index (Phi) is 5.10. The highest BCUT2D eigenvalue weighted by molar-refractivity contribution is 7.09. The van der Waals surface area contributed by atoms with Crippen LogP contribution in [0, 0.1) is 6.92 Å². The molecule has 7 nitrogen and oxygen atoms in total. The maximum Gasteiger partial charge on any atom is 0.422 e. The number of thiophene rings is 1. The number of fused-ring (bicyclic) bond motifs is 2. The second-order valence-corrected chi connectivity index (χ2v) is 9.18. The molecular weight excluding hydrogens is 388 g/mol. The van der Waals surface area contributed by atoms with Gasteiger partial charge >= 0.3 is 6.09 Å². The van der Waals surface area contributed by atoms with Crippen LogP contribution in [-0.2, 0) is 4.74 Å². The van der Waals surface area contributed by atoms with Crippen molar-refractivity contribution in [2.75, 3.05) is 38.1 Å². The van der Waals surface area contributed by atoms with Gasteiger partial charge in [-0.05, 0) is 32.2 Å². The van der Waals surface area contributed by atoms with E-state index in [1.54, 1.807) is 16.2 Å². The highest BCUT2D eigenvalue weighted by Crippen LogP contribution is 2.34. The van der Waals surface area contributed by atoms with E-state index in [9.17, 15) is 9.90 Å². The van der Waals surface area contributed by atoms with Crippen molar-refractivity contribution in [2.45, 2.75) is 26.6 Å². The lowest BCUT2D eigenvalue weighted by atomic mass is 10.2. The molecule has 1 N–H and O–H groups in total. The number of aryl methyl sites for hydroxylation is 1. The Labute approximate surface area is 174 Å². The van der Waals surface area contributed by atoms with Crippen molar-refractivity contribution in [3.05, 3.63) is 45.1 Å². The number of likely N-dealkylation sites (N-methyl/N-ethyl adjacent to an activating group) is 1. The van der Waals surface area contributed by atoms with Crippen LogP contribution in [0.2, 0.25) is 0 Å². The molecule has 2 aliphatic heterocycles. The van der Waals surface area contributed by atoms with Gasteiger partial charge in [-0.25, -0.2) is 14.7 Å². The molecule has 2 aromatic rings. The average Bonchev–Trinajstić information content (AvgIpc) is 2.93. The number of anilines is 1. The van der Waals surface area contributed by atoms with Gasteiger partial charge in [-0.3, -0.25) is 0 Å². The molecule has 0 unspecified atom stereocenters. The van der Waals surface area contributed by atoms with E-state index < -0.39 is 11.9 Å². The molecule has 0 atom stereocenters. The first-order valence-corrected chi connectivity index (χ1v) is 10.5. The monoisotopic (exact) mass is 414 g/mol. The summed E-state index contributed by atoms with van der Waals surface area (Å²) in [6.07, 6.45) is -0.620. The number of carbonyl (C=O) groups is 1. The molecule has 1 saturated heterocycles. The third-order valence-corrected chi connectivity index (χ3v) is 5.90. The molecule has 1 amide bonds. The van der Waals surface area contributed by atoms with Crippen LogP contribution in [0.4, 0.5) is 16.2 Å². The molecule has 1 aromatic carbocycles. The zero-order valence-corrected chi connectivity index (χ0v) is 18.0. The van der Waals surface area contributed by atoms with E-state index in [1.165, 1.54) is 13.8 Å². The fourth-order valence-corrected chi connectivity index (χ4v) is 4.50. The maximum atomic E-state index is 13.3. The molecule has 0 radical (unpaired) electrons. The highest BCUT2D eigenvalue weighted by atomic mass is 32.1. The van der Waals surface area contributed by atoms with Crippen LogP contribution in [0.3, 0.4) is 0 Å². The molecule has 1 fully saturated rings. The van der Waals surface area contributed by atoms with E-state index in [0.717, 1.165) is 46.8 Å². The Morgan fingerprint density at radius 2 is 1.90 bits per heavy atom. The third-order valence-electron chi connectivity index (χ3n) is 4.96. The van der Waals surface area contributed by atoms with Crippen LogP contribution in [0.15, 0.2) is 35.3 Å². The van der Waals surface area contributed by atoms with E-state index in [2.05, 4.69) is 22.9 Å². The number of rotatable bonds is 2. The molecule has 29 heavy (non-hydrogen) atoms. The minimum absolute atomic E-state index is 0.620. The van der Waals surface area contributed by atoms with Gasteiger partial charge in [-0.15, -0.1) is 11.3 Å². The van der Waals surface area contributed by atoms with Gasteiger partial charge in [0.2, 0.25) is 5.79 Å². The van der Waals surface area contributed by atoms with Crippen molar-refractivity contribution >= 4 is 34.6 Å². The molecule has 4 rings (SSSR count). The largest absolute Gasteiger partial charge is 0.422 e. The topological polar surface area (TPSA) is 68.6 Å². The van der Waals surface area contributed by atoms with E-state index in [4.69, 9.17) is 9.73 Å². The van der Waals surface area contributed by atoms with Crippen molar-refractivity contribution in [1.82, 2.24) is 9.80 Å². The van der Waals surface area contributed by atoms with E-state index >= 15 is 0 Å². The minimum atomic E-state index is -1.59. The zero-order chi connectivity index (χ0) is 20.8. The lowest BCUT2D eigenvalue weighted by Gasteiger charge is -2.39. The van der Waals surface area contributed by atoms with Crippen LogP contribution < -0.4 is 14.8 Å². The molecule has 3 heterocycles. The Hall–Kier alpha value is -2.42. The van der Waals surface area contributed by atoms with Crippen molar-refractivity contribution < 1.29 is 14.6 Å². The summed E-state index contributed by atoms with van der Waals surface area (Å²) in [7, 11) is 2.10. The zero-order valence-electron chi connectivity index (χ0n) is 17.2. The third kappa shape index (κ3) is 4.01. The van der Waals surface area contributed by atoms with Crippen LogP contribution in [0.25, 0.3) is 5.82 Å². The summed E-state index contributed by atoms with van der Waals surface area (Å²) >= 11 is 1.61. The predicted octanol–water partition coefficient (Wildman–Crippen LogP) is 2.01. The summed E-state index contributed by atoms with van der Waals surface area (Å²) in [5.74, 6) is -0.823. The van der Waals surface area contributed by atoms with Crippen molar-refractivity contribution in [2.24, 2.45) is 4.99 Å². The smallest absolute Gasteiger partial charge is 0.417 e. The second kappa shape index (κ2) is 7.44. The fourth-order valence-electron chi connectivity index (χ4n) is 3.61. The summed E-state index contributed by atoms with van der Waals surface area (Å²) in [6.45, 7) is 8.32. The molecule has 0 spiro atoms. The summed E-state index contributed by atoms with van der Waals surface area (Å²) in [5, 5.41) is 11.1. The van der Waals surface area contributed by atoms with Crippen LogP contribution in [0.1, 0.15) is 18.7 Å². The van der Waals surface area contributed by atoms with Gasteiger partial charge in [-0.1, -0.05) is 12.1 Å².